The number of aliphatic hydroxyl groups excluding tert-OH is 4. The summed E-state index contributed by atoms with van der Waals surface area (Å²) in [5.41, 5.74) is 3.44. The third-order valence-electron chi connectivity index (χ3n) is 4.40. The maximum Gasteiger partial charge on any atom is 0.127 e. The fourth-order valence-corrected chi connectivity index (χ4v) is 3.10. The summed E-state index contributed by atoms with van der Waals surface area (Å²) < 4.78 is 0. The average Bonchev–Trinajstić information content (AvgIpc) is 3.15. The summed E-state index contributed by atoms with van der Waals surface area (Å²) in [7, 11) is 0. The molecule has 6 nitrogen and oxygen atoms in total. The molecule has 2 aliphatic rings. The first-order valence-corrected chi connectivity index (χ1v) is 6.83. The van der Waals surface area contributed by atoms with Gasteiger partial charge < -0.3 is 20.4 Å². The molecule has 20 heavy (non-hydrogen) atoms. The van der Waals surface area contributed by atoms with Crippen molar-refractivity contribution in [2.75, 3.05) is 6.61 Å². The van der Waals surface area contributed by atoms with Gasteiger partial charge in [-0.05, 0) is 12.0 Å². The fourth-order valence-electron chi connectivity index (χ4n) is 3.10. The first-order valence-electron chi connectivity index (χ1n) is 6.83. The Morgan fingerprint density at radius 2 is 1.85 bits per heavy atom. The second kappa shape index (κ2) is 5.07. The molecule has 1 heterocycles. The van der Waals surface area contributed by atoms with Gasteiger partial charge >= 0.3 is 0 Å². The van der Waals surface area contributed by atoms with E-state index in [0.717, 1.165) is 5.56 Å². The summed E-state index contributed by atoms with van der Waals surface area (Å²) in [6.07, 6.45) is -3.03. The Morgan fingerprint density at radius 3 is 2.50 bits per heavy atom. The summed E-state index contributed by atoms with van der Waals surface area (Å²) in [6, 6.07) is 9.79. The molecule has 110 valence electrons. The van der Waals surface area contributed by atoms with Gasteiger partial charge in [0.15, 0.2) is 0 Å². The number of aliphatic hydroxyl groups is 4. The smallest absolute Gasteiger partial charge is 0.127 e. The Morgan fingerprint density at radius 1 is 1.15 bits per heavy atom. The van der Waals surface area contributed by atoms with Crippen LogP contribution in [0, 0.1) is 5.92 Å². The van der Waals surface area contributed by atoms with Crippen LogP contribution < -0.4 is 5.43 Å². The lowest BCUT2D eigenvalue weighted by Gasteiger charge is -2.39. The second-order valence-electron chi connectivity index (χ2n) is 5.68. The van der Waals surface area contributed by atoms with Crippen molar-refractivity contribution in [2.24, 2.45) is 5.92 Å². The summed E-state index contributed by atoms with van der Waals surface area (Å²) in [6.45, 7) is 0.381. The van der Waals surface area contributed by atoms with Crippen molar-refractivity contribution in [1.29, 1.82) is 0 Å². The van der Waals surface area contributed by atoms with Crippen molar-refractivity contribution in [1.82, 2.24) is 10.4 Å². The van der Waals surface area contributed by atoms with Gasteiger partial charge in [0, 0.05) is 19.1 Å². The number of hydrogen-bond acceptors (Lipinski definition) is 6. The van der Waals surface area contributed by atoms with Gasteiger partial charge in [0.05, 0.1) is 6.10 Å². The first kappa shape index (κ1) is 13.9. The molecule has 1 aromatic rings. The van der Waals surface area contributed by atoms with Crippen LogP contribution in [0.2, 0.25) is 0 Å². The SMILES string of the molecule is OC[C@H]1C[C@@]2(NN2Cc2ccccc2)[C@H](O)[C@@H](O)[C@@H]1O. The number of hydrazine groups is 1. The Kier molecular flexibility index (Phi) is 3.53. The number of hydrogen-bond donors (Lipinski definition) is 5. The second-order valence-corrected chi connectivity index (χ2v) is 5.68. The summed E-state index contributed by atoms with van der Waals surface area (Å²) in [5.74, 6) is -0.443. The first-order chi connectivity index (χ1) is 9.58. The monoisotopic (exact) mass is 280 g/mol. The Balaban J connectivity index is 1.73. The lowest BCUT2D eigenvalue weighted by Crippen LogP contribution is -2.58. The highest BCUT2D eigenvalue weighted by Gasteiger charge is 2.64. The van der Waals surface area contributed by atoms with Crippen LogP contribution >= 0.6 is 0 Å². The highest BCUT2D eigenvalue weighted by atomic mass is 16.4. The predicted molar refractivity (Wildman–Crippen MR) is 71.1 cm³/mol. The molecule has 1 unspecified atom stereocenters. The van der Waals surface area contributed by atoms with Gasteiger partial charge in [-0.3, -0.25) is 0 Å². The van der Waals surface area contributed by atoms with Crippen LogP contribution in [0.15, 0.2) is 30.3 Å². The maximum absolute atomic E-state index is 10.2. The zero-order valence-electron chi connectivity index (χ0n) is 11.1. The van der Waals surface area contributed by atoms with Gasteiger partial charge in [-0.15, -0.1) is 0 Å². The lowest BCUT2D eigenvalue weighted by atomic mass is 9.77. The minimum atomic E-state index is -1.26. The van der Waals surface area contributed by atoms with Gasteiger partial charge in [0.1, 0.15) is 17.9 Å². The van der Waals surface area contributed by atoms with Crippen LogP contribution in [0.4, 0.5) is 0 Å². The van der Waals surface area contributed by atoms with Crippen molar-refractivity contribution < 1.29 is 20.4 Å². The number of benzene rings is 1. The molecule has 1 aliphatic heterocycles. The highest BCUT2D eigenvalue weighted by Crippen LogP contribution is 2.43. The van der Waals surface area contributed by atoms with E-state index >= 15 is 0 Å². The van der Waals surface area contributed by atoms with Crippen molar-refractivity contribution >= 4 is 0 Å². The third-order valence-corrected chi connectivity index (χ3v) is 4.40. The van der Waals surface area contributed by atoms with Crippen molar-refractivity contribution in [3.63, 3.8) is 0 Å². The summed E-state index contributed by atoms with van der Waals surface area (Å²) in [4.78, 5) is 0. The molecule has 0 aromatic heterocycles. The molecule has 0 bridgehead atoms. The zero-order valence-corrected chi connectivity index (χ0v) is 11.1. The van der Waals surface area contributed by atoms with E-state index in [1.165, 1.54) is 0 Å². The molecule has 2 fully saturated rings. The molecule has 6 heteroatoms. The predicted octanol–water partition coefficient (Wildman–Crippen LogP) is -1.20. The molecule has 1 spiro atoms. The van der Waals surface area contributed by atoms with Gasteiger partial charge in [0.2, 0.25) is 0 Å². The molecule has 1 aliphatic carbocycles. The van der Waals surface area contributed by atoms with Crippen LogP contribution in [-0.2, 0) is 6.54 Å². The van der Waals surface area contributed by atoms with Crippen molar-refractivity contribution in [2.45, 2.75) is 36.9 Å². The summed E-state index contributed by atoms with van der Waals surface area (Å²) in [5, 5.41) is 41.1. The maximum atomic E-state index is 10.2. The van der Waals surface area contributed by atoms with Gasteiger partial charge in [0.25, 0.3) is 0 Å². The highest BCUT2D eigenvalue weighted by molar-refractivity contribution is 5.19. The minimum absolute atomic E-state index is 0.215. The Labute approximate surface area is 117 Å². The molecule has 6 atom stereocenters. The van der Waals surface area contributed by atoms with Crippen molar-refractivity contribution in [3.05, 3.63) is 35.9 Å². The van der Waals surface area contributed by atoms with E-state index in [-0.39, 0.29) is 6.61 Å². The van der Waals surface area contributed by atoms with Crippen LogP contribution in [0.5, 0.6) is 0 Å². The Bertz CT molecular complexity index is 470. The van der Waals surface area contributed by atoms with Crippen molar-refractivity contribution in [3.8, 4) is 0 Å². The van der Waals surface area contributed by atoms with E-state index in [1.54, 1.807) is 0 Å². The van der Waals surface area contributed by atoms with E-state index in [4.69, 9.17) is 0 Å². The number of nitrogens with one attached hydrogen (secondary N) is 1. The molecule has 1 saturated carbocycles. The van der Waals surface area contributed by atoms with Crippen LogP contribution in [0.25, 0.3) is 0 Å². The largest absolute Gasteiger partial charge is 0.396 e. The third kappa shape index (κ3) is 2.14. The zero-order chi connectivity index (χ0) is 14.3. The fraction of sp³-hybridized carbons (Fsp3) is 0.571. The van der Waals surface area contributed by atoms with E-state index in [1.807, 2.05) is 35.3 Å². The molecule has 5 N–H and O–H groups in total. The molecule has 1 saturated heterocycles. The molecule has 0 radical (unpaired) electrons. The van der Waals surface area contributed by atoms with Gasteiger partial charge in [-0.2, -0.15) is 0 Å². The van der Waals surface area contributed by atoms with Crippen LogP contribution in [0.3, 0.4) is 0 Å². The van der Waals surface area contributed by atoms with E-state index in [9.17, 15) is 20.4 Å². The van der Waals surface area contributed by atoms with Gasteiger partial charge in [-0.1, -0.05) is 30.3 Å². The van der Waals surface area contributed by atoms with Crippen LogP contribution in [-0.4, -0.2) is 56.0 Å². The quantitative estimate of drug-likeness (QED) is 0.445. The molecular weight excluding hydrogens is 260 g/mol. The molecule has 1 aromatic carbocycles. The molecule has 0 amide bonds. The molecule has 3 rings (SSSR count). The Hall–Kier alpha value is -1.02. The topological polar surface area (TPSA) is 106 Å². The van der Waals surface area contributed by atoms with Crippen LogP contribution in [0.1, 0.15) is 12.0 Å². The number of rotatable bonds is 3. The van der Waals surface area contributed by atoms with Gasteiger partial charge in [-0.25, -0.2) is 10.4 Å². The minimum Gasteiger partial charge on any atom is -0.396 e. The summed E-state index contributed by atoms with van der Waals surface area (Å²) >= 11 is 0. The van der Waals surface area contributed by atoms with E-state index < -0.39 is 29.9 Å². The normalized spacial score (nSPS) is 43.7. The standard InChI is InChI=1S/C14H20N2O4/c17-8-10-6-14(13(20)12(19)11(10)18)15-16(14)7-9-4-2-1-3-5-9/h1-5,10-13,15,17-20H,6-8H2/t10-,11-,12+,13-,14+,16?/m1/s1. The lowest BCUT2D eigenvalue weighted by molar-refractivity contribution is -0.141. The van der Waals surface area contributed by atoms with E-state index in [0.29, 0.717) is 13.0 Å². The number of nitrogens with zero attached hydrogens (tertiary/aromatic N) is 1. The molecular formula is C14H20N2O4. The average molecular weight is 280 g/mol. The van der Waals surface area contributed by atoms with E-state index in [2.05, 4.69) is 5.43 Å².